The number of aryl methyl sites for hydroxylation is 1. The van der Waals surface area contributed by atoms with Gasteiger partial charge < -0.3 is 14.8 Å². The summed E-state index contributed by atoms with van der Waals surface area (Å²) in [5, 5.41) is 12.0. The van der Waals surface area contributed by atoms with Crippen LogP contribution in [0.3, 0.4) is 0 Å². The second-order valence-corrected chi connectivity index (χ2v) is 7.53. The fourth-order valence-corrected chi connectivity index (χ4v) is 3.34. The number of hydrogen-bond donors (Lipinski definition) is 1. The van der Waals surface area contributed by atoms with Crippen molar-refractivity contribution in [1.82, 2.24) is 29.9 Å². The normalized spacial score (nSPS) is 18.1. The lowest BCUT2D eigenvalue weighted by molar-refractivity contribution is 0.172. The molecule has 1 saturated heterocycles. The van der Waals surface area contributed by atoms with Crippen LogP contribution in [0.25, 0.3) is 0 Å². The van der Waals surface area contributed by atoms with Gasteiger partial charge in [0.2, 0.25) is 0 Å². The lowest BCUT2D eigenvalue weighted by Crippen LogP contribution is -2.52. The highest BCUT2D eigenvalue weighted by Crippen LogP contribution is 2.19. The van der Waals surface area contributed by atoms with E-state index in [0.29, 0.717) is 12.6 Å². The van der Waals surface area contributed by atoms with Gasteiger partial charge >= 0.3 is 0 Å². The third kappa shape index (κ3) is 5.44. The predicted molar refractivity (Wildman–Crippen MR) is 122 cm³/mol. The average Bonchev–Trinajstić information content (AvgIpc) is 3.46. The molecule has 0 unspecified atom stereocenters. The molecule has 8 heteroatoms. The molecule has 7 nitrogen and oxygen atoms in total. The van der Waals surface area contributed by atoms with E-state index in [1.807, 2.05) is 18.5 Å². The van der Waals surface area contributed by atoms with Crippen LogP contribution in [0.4, 0.5) is 0 Å². The molecule has 2 heterocycles. The van der Waals surface area contributed by atoms with Crippen LogP contribution in [0.15, 0.2) is 35.3 Å². The minimum atomic E-state index is 0. The first-order valence-electron chi connectivity index (χ1n) is 9.86. The molecule has 0 atom stereocenters. The first kappa shape index (κ1) is 21.0. The second-order valence-electron chi connectivity index (χ2n) is 7.53. The molecule has 152 valence electrons. The summed E-state index contributed by atoms with van der Waals surface area (Å²) >= 11 is 0. The van der Waals surface area contributed by atoms with Gasteiger partial charge in [0.15, 0.2) is 11.8 Å². The van der Waals surface area contributed by atoms with Crippen LogP contribution in [0, 0.1) is 6.92 Å². The van der Waals surface area contributed by atoms with Crippen molar-refractivity contribution in [2.75, 3.05) is 26.2 Å². The lowest BCUT2D eigenvalue weighted by atomic mass is 10.2. The molecule has 0 amide bonds. The van der Waals surface area contributed by atoms with Gasteiger partial charge in [0.05, 0.1) is 0 Å². The van der Waals surface area contributed by atoms with Gasteiger partial charge in [-0.15, -0.1) is 34.2 Å². The fourth-order valence-electron chi connectivity index (χ4n) is 3.34. The van der Waals surface area contributed by atoms with Gasteiger partial charge in [-0.05, 0) is 25.3 Å². The summed E-state index contributed by atoms with van der Waals surface area (Å²) in [5.41, 5.74) is 1.38. The summed E-state index contributed by atoms with van der Waals surface area (Å²) in [5.74, 6) is 2.86. The summed E-state index contributed by atoms with van der Waals surface area (Å²) in [4.78, 5) is 9.78. The number of benzene rings is 1. The summed E-state index contributed by atoms with van der Waals surface area (Å²) in [6.45, 7) is 7.68. The molecule has 0 bridgehead atoms. The molecule has 1 aliphatic carbocycles. The van der Waals surface area contributed by atoms with Gasteiger partial charge in [0.1, 0.15) is 12.4 Å². The van der Waals surface area contributed by atoms with Gasteiger partial charge in [-0.3, -0.25) is 4.90 Å². The van der Waals surface area contributed by atoms with E-state index in [2.05, 4.69) is 55.6 Å². The van der Waals surface area contributed by atoms with Gasteiger partial charge in [0.25, 0.3) is 0 Å². The zero-order chi connectivity index (χ0) is 18.6. The van der Waals surface area contributed by atoms with Crippen molar-refractivity contribution in [3.63, 3.8) is 0 Å². The zero-order valence-electron chi connectivity index (χ0n) is 16.7. The lowest BCUT2D eigenvalue weighted by Gasteiger charge is -2.36. The maximum Gasteiger partial charge on any atom is 0.194 e. The molecule has 1 saturated carbocycles. The molecule has 0 radical (unpaired) electrons. The molecule has 0 spiro atoms. The Morgan fingerprint density at radius 2 is 1.82 bits per heavy atom. The Morgan fingerprint density at radius 1 is 1.11 bits per heavy atom. The standard InChI is InChI=1S/C20H29N7.HI/c1-16-23-24-19(25(16)2)14-21-20(22-18-8-9-18)27-12-10-26(11-13-27)15-17-6-4-3-5-7-17;/h3-7,18H,8-15H2,1-2H3,(H,21,22);1H. The topological polar surface area (TPSA) is 61.6 Å². The quantitative estimate of drug-likeness (QED) is 0.392. The van der Waals surface area contributed by atoms with Gasteiger partial charge in [0, 0.05) is 45.8 Å². The zero-order valence-corrected chi connectivity index (χ0v) is 19.0. The van der Waals surface area contributed by atoms with Crippen LogP contribution in [0.5, 0.6) is 0 Å². The number of piperazine rings is 1. The van der Waals surface area contributed by atoms with Crippen molar-refractivity contribution < 1.29 is 0 Å². The van der Waals surface area contributed by atoms with Crippen molar-refractivity contribution in [1.29, 1.82) is 0 Å². The number of hydrogen-bond acceptors (Lipinski definition) is 4. The third-order valence-corrected chi connectivity index (χ3v) is 5.38. The minimum absolute atomic E-state index is 0. The van der Waals surface area contributed by atoms with Crippen LogP contribution in [0.2, 0.25) is 0 Å². The molecule has 2 aromatic rings. The number of guanidine groups is 1. The Kier molecular flexibility index (Phi) is 7.28. The Balaban J connectivity index is 0.00000225. The van der Waals surface area contributed by atoms with Crippen molar-refractivity contribution >= 4 is 29.9 Å². The van der Waals surface area contributed by atoms with Gasteiger partial charge in [-0.2, -0.15) is 0 Å². The van der Waals surface area contributed by atoms with E-state index in [1.54, 1.807) is 0 Å². The monoisotopic (exact) mass is 495 g/mol. The second kappa shape index (κ2) is 9.69. The fraction of sp³-hybridized carbons (Fsp3) is 0.550. The van der Waals surface area contributed by atoms with Crippen LogP contribution >= 0.6 is 24.0 Å². The highest BCUT2D eigenvalue weighted by molar-refractivity contribution is 14.0. The molecular weight excluding hydrogens is 465 g/mol. The van der Waals surface area contributed by atoms with E-state index >= 15 is 0 Å². The van der Waals surface area contributed by atoms with Crippen molar-refractivity contribution in [2.45, 2.75) is 38.9 Å². The summed E-state index contributed by atoms with van der Waals surface area (Å²) in [7, 11) is 2.00. The van der Waals surface area contributed by atoms with Gasteiger partial charge in [-0.1, -0.05) is 30.3 Å². The first-order valence-corrected chi connectivity index (χ1v) is 9.86. The molecule has 1 aromatic carbocycles. The van der Waals surface area contributed by atoms with Crippen LogP contribution in [0.1, 0.15) is 30.1 Å². The maximum absolute atomic E-state index is 4.87. The van der Waals surface area contributed by atoms with Crippen molar-refractivity contribution in [3.05, 3.63) is 47.5 Å². The number of aliphatic imine (C=N–C) groups is 1. The van der Waals surface area contributed by atoms with Crippen LogP contribution < -0.4 is 5.32 Å². The van der Waals surface area contributed by atoms with Crippen molar-refractivity contribution in [2.24, 2.45) is 12.0 Å². The number of rotatable bonds is 5. The minimum Gasteiger partial charge on any atom is -0.353 e. The third-order valence-electron chi connectivity index (χ3n) is 5.38. The van der Waals surface area contributed by atoms with Gasteiger partial charge in [-0.25, -0.2) is 4.99 Å². The first-order chi connectivity index (χ1) is 13.2. The maximum atomic E-state index is 4.87. The van der Waals surface area contributed by atoms with E-state index in [4.69, 9.17) is 4.99 Å². The number of aromatic nitrogens is 3. The Bertz CT molecular complexity index is 777. The summed E-state index contributed by atoms with van der Waals surface area (Å²) < 4.78 is 2.01. The molecule has 28 heavy (non-hydrogen) atoms. The smallest absolute Gasteiger partial charge is 0.194 e. The molecule has 2 fully saturated rings. The highest BCUT2D eigenvalue weighted by atomic mass is 127. The SMILES string of the molecule is Cc1nnc(CN=C(NC2CC2)N2CCN(Cc3ccccc3)CC2)n1C.I. The highest BCUT2D eigenvalue weighted by Gasteiger charge is 2.26. The Labute approximate surface area is 184 Å². The van der Waals surface area contributed by atoms with E-state index in [1.165, 1.54) is 18.4 Å². The number of nitrogens with one attached hydrogen (secondary N) is 1. The summed E-state index contributed by atoms with van der Waals surface area (Å²) in [6, 6.07) is 11.3. The molecule has 1 N–H and O–H groups in total. The van der Waals surface area contributed by atoms with E-state index in [9.17, 15) is 0 Å². The molecular formula is C20H30IN7. The average molecular weight is 495 g/mol. The molecule has 4 rings (SSSR count). The van der Waals surface area contributed by atoms with E-state index < -0.39 is 0 Å². The van der Waals surface area contributed by atoms with E-state index in [0.717, 1.165) is 50.3 Å². The largest absolute Gasteiger partial charge is 0.353 e. The predicted octanol–water partition coefficient (Wildman–Crippen LogP) is 2.17. The van der Waals surface area contributed by atoms with Crippen LogP contribution in [-0.2, 0) is 20.1 Å². The number of halogens is 1. The van der Waals surface area contributed by atoms with Crippen molar-refractivity contribution in [3.8, 4) is 0 Å². The summed E-state index contributed by atoms with van der Waals surface area (Å²) in [6.07, 6.45) is 2.49. The molecule has 2 aliphatic rings. The Morgan fingerprint density at radius 3 is 2.43 bits per heavy atom. The molecule has 1 aliphatic heterocycles. The Hall–Kier alpha value is -1.68. The van der Waals surface area contributed by atoms with E-state index in [-0.39, 0.29) is 24.0 Å². The number of nitrogens with zero attached hydrogens (tertiary/aromatic N) is 6. The molecule has 1 aromatic heterocycles. The van der Waals surface area contributed by atoms with Crippen LogP contribution in [-0.4, -0.2) is 62.7 Å².